The van der Waals surface area contributed by atoms with Crippen molar-refractivity contribution in [2.75, 3.05) is 12.4 Å². The summed E-state index contributed by atoms with van der Waals surface area (Å²) in [7, 11) is 1.55. The number of benzene rings is 2. The molecule has 0 unspecified atom stereocenters. The molecule has 1 N–H and O–H groups in total. The lowest BCUT2D eigenvalue weighted by Crippen LogP contribution is -2.28. The van der Waals surface area contributed by atoms with Crippen LogP contribution >= 0.6 is 0 Å². The van der Waals surface area contributed by atoms with Crippen molar-refractivity contribution in [1.29, 1.82) is 0 Å². The molecule has 1 aliphatic rings. The van der Waals surface area contributed by atoms with E-state index in [9.17, 15) is 18.0 Å². The van der Waals surface area contributed by atoms with Gasteiger partial charge in [-0.05, 0) is 48.0 Å². The molecule has 1 amide bonds. The summed E-state index contributed by atoms with van der Waals surface area (Å²) in [5.74, 6) is 0.128. The Labute approximate surface area is 147 Å². The fraction of sp³-hybridized carbons (Fsp3) is 0.222. The predicted molar refractivity (Wildman–Crippen MR) is 89.1 cm³/mol. The lowest BCUT2D eigenvalue weighted by molar-refractivity contribution is -0.137. The summed E-state index contributed by atoms with van der Waals surface area (Å²) in [6, 6.07) is 11.5. The van der Waals surface area contributed by atoms with Crippen LogP contribution in [0.2, 0.25) is 0 Å². The molecule has 136 valence electrons. The van der Waals surface area contributed by atoms with Gasteiger partial charge in [-0.2, -0.15) is 13.2 Å². The van der Waals surface area contributed by atoms with Gasteiger partial charge in [-0.15, -0.1) is 0 Å². The van der Waals surface area contributed by atoms with Gasteiger partial charge < -0.3 is 14.9 Å². The molecule has 5 nitrogen and oxygen atoms in total. The molecule has 0 aromatic heterocycles. The third-order valence-corrected chi connectivity index (χ3v) is 3.84. The van der Waals surface area contributed by atoms with E-state index in [2.05, 4.69) is 10.5 Å². The van der Waals surface area contributed by atoms with Crippen LogP contribution in [0.15, 0.2) is 53.7 Å². The van der Waals surface area contributed by atoms with E-state index < -0.39 is 23.8 Å². The SMILES string of the molecule is COc1ccc(C2=NO[C@H](C(=O)Nc3cccc(C(F)(F)F)c3)C2)cc1. The average molecular weight is 364 g/mol. The van der Waals surface area contributed by atoms with Crippen molar-refractivity contribution in [3.8, 4) is 5.75 Å². The molecule has 1 aliphatic heterocycles. The number of methoxy groups -OCH3 is 1. The third-order valence-electron chi connectivity index (χ3n) is 3.84. The number of alkyl halides is 3. The highest BCUT2D eigenvalue weighted by molar-refractivity contribution is 6.06. The molecule has 0 bridgehead atoms. The second-order valence-corrected chi connectivity index (χ2v) is 5.63. The van der Waals surface area contributed by atoms with Crippen LogP contribution in [0.25, 0.3) is 0 Å². The molecule has 1 atom stereocenters. The van der Waals surface area contributed by atoms with E-state index in [0.717, 1.165) is 17.7 Å². The van der Waals surface area contributed by atoms with E-state index in [-0.39, 0.29) is 12.1 Å². The van der Waals surface area contributed by atoms with E-state index >= 15 is 0 Å². The van der Waals surface area contributed by atoms with Gasteiger partial charge in [0.15, 0.2) is 0 Å². The molecule has 26 heavy (non-hydrogen) atoms. The summed E-state index contributed by atoms with van der Waals surface area (Å²) in [6.07, 6.45) is -5.16. The van der Waals surface area contributed by atoms with Crippen LogP contribution < -0.4 is 10.1 Å². The van der Waals surface area contributed by atoms with Crippen LogP contribution in [0, 0.1) is 0 Å². The molecule has 0 aliphatic carbocycles. The first-order valence-electron chi connectivity index (χ1n) is 7.72. The number of hydrogen-bond donors (Lipinski definition) is 1. The maximum absolute atomic E-state index is 12.7. The molecule has 0 spiro atoms. The standard InChI is InChI=1S/C18H15F3N2O3/c1-25-14-7-5-11(6-8-14)15-10-16(26-23-15)17(24)22-13-4-2-3-12(9-13)18(19,20)21/h2-9,16H,10H2,1H3,(H,22,24)/t16-/m0/s1. The number of nitrogens with one attached hydrogen (secondary N) is 1. The molecule has 2 aromatic carbocycles. The van der Waals surface area contributed by atoms with Gasteiger partial charge >= 0.3 is 6.18 Å². The Morgan fingerprint density at radius 1 is 1.23 bits per heavy atom. The quantitative estimate of drug-likeness (QED) is 0.897. The highest BCUT2D eigenvalue weighted by atomic mass is 19.4. The largest absolute Gasteiger partial charge is 0.497 e. The van der Waals surface area contributed by atoms with Gasteiger partial charge in [0.05, 0.1) is 18.4 Å². The molecule has 0 saturated heterocycles. The van der Waals surface area contributed by atoms with Crippen molar-refractivity contribution in [2.24, 2.45) is 5.16 Å². The summed E-state index contributed by atoms with van der Waals surface area (Å²) >= 11 is 0. The minimum Gasteiger partial charge on any atom is -0.497 e. The van der Waals surface area contributed by atoms with Crippen molar-refractivity contribution in [1.82, 2.24) is 0 Å². The predicted octanol–water partition coefficient (Wildman–Crippen LogP) is 3.85. The van der Waals surface area contributed by atoms with Gasteiger partial charge in [-0.3, -0.25) is 4.79 Å². The number of ether oxygens (including phenoxy) is 1. The number of amides is 1. The Kier molecular flexibility index (Phi) is 4.83. The van der Waals surface area contributed by atoms with E-state index in [1.54, 1.807) is 31.4 Å². The van der Waals surface area contributed by atoms with Gasteiger partial charge in [0.2, 0.25) is 6.10 Å². The van der Waals surface area contributed by atoms with E-state index in [4.69, 9.17) is 9.57 Å². The Morgan fingerprint density at radius 3 is 2.62 bits per heavy atom. The fourth-order valence-electron chi connectivity index (χ4n) is 2.47. The number of rotatable bonds is 4. The van der Waals surface area contributed by atoms with Gasteiger partial charge in [0, 0.05) is 12.1 Å². The molecule has 1 heterocycles. The summed E-state index contributed by atoms with van der Waals surface area (Å²) < 4.78 is 43.3. The summed E-state index contributed by atoms with van der Waals surface area (Å²) in [5.41, 5.74) is 0.571. The van der Waals surface area contributed by atoms with Crippen LogP contribution in [0.3, 0.4) is 0 Å². The Bertz CT molecular complexity index is 832. The van der Waals surface area contributed by atoms with Crippen molar-refractivity contribution >= 4 is 17.3 Å². The normalized spacial score (nSPS) is 16.6. The van der Waals surface area contributed by atoms with Gasteiger partial charge in [-0.25, -0.2) is 0 Å². The molecule has 0 saturated carbocycles. The average Bonchev–Trinajstić information content (AvgIpc) is 3.11. The molecule has 0 fully saturated rings. The zero-order chi connectivity index (χ0) is 18.7. The summed E-state index contributed by atoms with van der Waals surface area (Å²) in [6.45, 7) is 0. The minimum atomic E-state index is -4.48. The van der Waals surface area contributed by atoms with Crippen LogP contribution in [-0.2, 0) is 15.8 Å². The van der Waals surface area contributed by atoms with Gasteiger partial charge in [0.1, 0.15) is 5.75 Å². The first-order valence-corrected chi connectivity index (χ1v) is 7.72. The number of carbonyl (C=O) groups is 1. The fourth-order valence-corrected chi connectivity index (χ4v) is 2.47. The Morgan fingerprint density at radius 2 is 1.96 bits per heavy atom. The number of halogens is 3. The van der Waals surface area contributed by atoms with Crippen molar-refractivity contribution in [3.05, 3.63) is 59.7 Å². The maximum Gasteiger partial charge on any atom is 0.416 e. The Balaban J connectivity index is 1.63. The van der Waals surface area contributed by atoms with Gasteiger partial charge in [-0.1, -0.05) is 11.2 Å². The topological polar surface area (TPSA) is 59.9 Å². The number of hydrogen-bond acceptors (Lipinski definition) is 4. The third kappa shape index (κ3) is 3.96. The van der Waals surface area contributed by atoms with E-state index in [1.165, 1.54) is 12.1 Å². The van der Waals surface area contributed by atoms with Crippen LogP contribution in [0.1, 0.15) is 17.5 Å². The lowest BCUT2D eigenvalue weighted by Gasteiger charge is -2.12. The molecule has 3 rings (SSSR count). The second kappa shape index (κ2) is 7.07. The highest BCUT2D eigenvalue weighted by Crippen LogP contribution is 2.31. The monoisotopic (exact) mass is 364 g/mol. The minimum absolute atomic E-state index is 0.0475. The molecular weight excluding hydrogens is 349 g/mol. The smallest absolute Gasteiger partial charge is 0.416 e. The first kappa shape index (κ1) is 17.8. The Hall–Kier alpha value is -3.03. The summed E-state index contributed by atoms with van der Waals surface area (Å²) in [4.78, 5) is 17.4. The van der Waals surface area contributed by atoms with Crippen molar-refractivity contribution in [3.63, 3.8) is 0 Å². The molecule has 8 heteroatoms. The van der Waals surface area contributed by atoms with Gasteiger partial charge in [0.25, 0.3) is 5.91 Å². The van der Waals surface area contributed by atoms with Crippen LogP contribution in [0.5, 0.6) is 5.75 Å². The first-order chi connectivity index (χ1) is 12.4. The molecule has 0 radical (unpaired) electrons. The van der Waals surface area contributed by atoms with E-state index in [1.807, 2.05) is 0 Å². The zero-order valence-corrected chi connectivity index (χ0v) is 13.7. The second-order valence-electron chi connectivity index (χ2n) is 5.63. The molecular formula is C18H15F3N2O3. The number of oxime groups is 1. The molecule has 2 aromatic rings. The van der Waals surface area contributed by atoms with E-state index in [0.29, 0.717) is 11.5 Å². The highest BCUT2D eigenvalue weighted by Gasteiger charge is 2.32. The summed E-state index contributed by atoms with van der Waals surface area (Å²) in [5, 5.41) is 6.33. The number of anilines is 1. The van der Waals surface area contributed by atoms with Crippen molar-refractivity contribution < 1.29 is 27.5 Å². The number of carbonyl (C=O) groups excluding carboxylic acids is 1. The van der Waals surface area contributed by atoms with Crippen molar-refractivity contribution in [2.45, 2.75) is 18.7 Å². The number of nitrogens with zero attached hydrogens (tertiary/aromatic N) is 1. The van der Waals surface area contributed by atoms with Crippen LogP contribution in [0.4, 0.5) is 18.9 Å². The lowest BCUT2D eigenvalue weighted by atomic mass is 10.0. The van der Waals surface area contributed by atoms with Crippen LogP contribution in [-0.4, -0.2) is 24.8 Å². The zero-order valence-electron chi connectivity index (χ0n) is 13.7. The maximum atomic E-state index is 12.7.